The molecular weight excluding hydrogens is 656 g/mol. The van der Waals surface area contributed by atoms with Crippen molar-refractivity contribution in [2.75, 3.05) is 33.9 Å². The summed E-state index contributed by atoms with van der Waals surface area (Å²) >= 11 is 0. The second-order valence-corrected chi connectivity index (χ2v) is 14.6. The molecule has 51 heavy (non-hydrogen) atoms. The quantitative estimate of drug-likeness (QED) is 0.139. The van der Waals surface area contributed by atoms with Crippen molar-refractivity contribution in [3.8, 4) is 11.5 Å². The number of benzene rings is 3. The number of aliphatic hydroxyl groups excluding tert-OH is 3. The van der Waals surface area contributed by atoms with Gasteiger partial charge in [-0.1, -0.05) is 36.8 Å². The normalized spacial score (nSPS) is 24.5. The lowest BCUT2D eigenvalue weighted by molar-refractivity contribution is -0.0908. The summed E-state index contributed by atoms with van der Waals surface area (Å²) in [7, 11) is 3.14. The van der Waals surface area contributed by atoms with Gasteiger partial charge >= 0.3 is 0 Å². The van der Waals surface area contributed by atoms with Crippen LogP contribution >= 0.6 is 0 Å². The van der Waals surface area contributed by atoms with Crippen LogP contribution in [0.2, 0.25) is 0 Å². The molecule has 0 heterocycles. The lowest BCUT2D eigenvalue weighted by Crippen LogP contribution is -2.53. The summed E-state index contributed by atoms with van der Waals surface area (Å²) in [6, 6.07) is 14.2. The van der Waals surface area contributed by atoms with Gasteiger partial charge in [0, 0.05) is 47.8 Å². The molecule has 6 rings (SSSR count). The second kappa shape index (κ2) is 16.3. The predicted molar refractivity (Wildman–Crippen MR) is 191 cm³/mol. The highest BCUT2D eigenvalue weighted by Gasteiger charge is 2.57. The average Bonchev–Trinajstić information content (AvgIpc) is 3.36. The number of hydrogen-bond donors (Lipinski definition) is 4. The summed E-state index contributed by atoms with van der Waals surface area (Å²) in [5.41, 5.74) is 1.68. The van der Waals surface area contributed by atoms with E-state index in [1.165, 1.54) is 6.07 Å². The summed E-state index contributed by atoms with van der Waals surface area (Å²) in [5.74, 6) is -1.71. The van der Waals surface area contributed by atoms with Gasteiger partial charge in [0.15, 0.2) is 17.4 Å². The first-order chi connectivity index (χ1) is 24.3. The van der Waals surface area contributed by atoms with Crippen LogP contribution in [0.1, 0.15) is 90.9 Å². The van der Waals surface area contributed by atoms with Crippen molar-refractivity contribution >= 4 is 5.78 Å². The van der Waals surface area contributed by atoms with Crippen LogP contribution in [0.3, 0.4) is 0 Å². The van der Waals surface area contributed by atoms with E-state index >= 15 is 0 Å². The third kappa shape index (κ3) is 8.53. The van der Waals surface area contributed by atoms with Gasteiger partial charge in [-0.2, -0.15) is 0 Å². The van der Waals surface area contributed by atoms with Gasteiger partial charge in [-0.25, -0.2) is 8.78 Å². The first kappa shape index (κ1) is 38.6. The van der Waals surface area contributed by atoms with E-state index in [2.05, 4.69) is 13.0 Å². The molecule has 0 spiro atoms. The molecule has 3 aromatic carbocycles. The number of hydrogen-bond acceptors (Lipinski definition) is 8. The van der Waals surface area contributed by atoms with E-state index in [0.717, 1.165) is 28.8 Å². The van der Waals surface area contributed by atoms with Gasteiger partial charge in [-0.3, -0.25) is 9.69 Å². The van der Waals surface area contributed by atoms with Crippen LogP contribution < -0.4 is 9.47 Å². The van der Waals surface area contributed by atoms with Gasteiger partial charge in [0.05, 0.1) is 38.6 Å². The molecule has 1 saturated carbocycles. The number of methoxy groups -OCH3 is 2. The van der Waals surface area contributed by atoms with Gasteiger partial charge in [-0.05, 0) is 99.2 Å². The molecule has 3 aliphatic carbocycles. The van der Waals surface area contributed by atoms with Crippen LogP contribution in [0.15, 0.2) is 66.2 Å². The highest BCUT2D eigenvalue weighted by molar-refractivity contribution is 6.10. The molecular formula is C41H51F2NO7. The molecule has 10 heteroatoms. The van der Waals surface area contributed by atoms with Crippen LogP contribution in [0.4, 0.5) is 8.78 Å². The maximum atomic E-state index is 14.4. The monoisotopic (exact) mass is 707 g/mol. The average molecular weight is 708 g/mol. The topological polar surface area (TPSA) is 120 Å². The van der Waals surface area contributed by atoms with Crippen molar-refractivity contribution in [2.45, 2.75) is 89.1 Å². The van der Waals surface area contributed by atoms with Crippen LogP contribution in [0.25, 0.3) is 0 Å². The fraction of sp³-hybridized carbons (Fsp3) is 0.488. The number of rotatable bonds is 11. The van der Waals surface area contributed by atoms with Gasteiger partial charge in [0.1, 0.15) is 11.5 Å². The number of nitrogens with zero attached hydrogens (tertiary/aromatic N) is 1. The van der Waals surface area contributed by atoms with Crippen molar-refractivity contribution in [1.82, 2.24) is 4.90 Å². The molecule has 0 aliphatic heterocycles. The van der Waals surface area contributed by atoms with Crippen molar-refractivity contribution in [2.24, 2.45) is 5.41 Å². The Kier molecular flexibility index (Phi) is 12.4. The fourth-order valence-corrected chi connectivity index (χ4v) is 8.12. The Hall–Kier alpha value is -3.67. The van der Waals surface area contributed by atoms with Crippen LogP contribution in [0.5, 0.6) is 11.5 Å². The number of ketones is 1. The zero-order chi connectivity index (χ0) is 36.9. The van der Waals surface area contributed by atoms with E-state index in [1.807, 2.05) is 36.1 Å². The number of halogens is 2. The molecule has 5 atom stereocenters. The highest BCUT2D eigenvalue weighted by Crippen LogP contribution is 2.59. The lowest BCUT2D eigenvalue weighted by Gasteiger charge is -2.46. The summed E-state index contributed by atoms with van der Waals surface area (Å²) in [5, 5.41) is 44.2. The van der Waals surface area contributed by atoms with Gasteiger partial charge in [-0.15, -0.1) is 0 Å². The van der Waals surface area contributed by atoms with Crippen LogP contribution in [-0.2, 0) is 13.0 Å². The SMILES string of the molecule is COc1ccc(CN(C[C@H](O)CO)C[C@]2(O)CC[C@H]3c4ccc(cc4C(=O)c4ccc(F)c(F)c4)C[C@@H](O)CCC(C)=CCC[C@@]32C)c(OC)c1. The molecule has 0 saturated heterocycles. The van der Waals surface area contributed by atoms with E-state index < -0.39 is 47.2 Å². The van der Waals surface area contributed by atoms with E-state index in [0.29, 0.717) is 74.1 Å². The van der Waals surface area contributed by atoms with Crippen molar-refractivity contribution in [1.29, 1.82) is 0 Å². The molecule has 4 N–H and O–H groups in total. The third-order valence-corrected chi connectivity index (χ3v) is 11.2. The second-order valence-electron chi connectivity index (χ2n) is 14.6. The number of ether oxygens (including phenoxy) is 2. The molecule has 276 valence electrons. The maximum absolute atomic E-state index is 14.4. The summed E-state index contributed by atoms with van der Waals surface area (Å²) in [6.07, 6.45) is 4.18. The number of aliphatic hydroxyl groups is 4. The van der Waals surface area contributed by atoms with Crippen molar-refractivity contribution in [3.63, 3.8) is 0 Å². The summed E-state index contributed by atoms with van der Waals surface area (Å²) in [4.78, 5) is 16.1. The van der Waals surface area contributed by atoms with Gasteiger partial charge in [0.2, 0.25) is 0 Å². The Morgan fingerprint density at radius 3 is 2.51 bits per heavy atom. The molecule has 0 radical (unpaired) electrons. The van der Waals surface area contributed by atoms with Gasteiger partial charge < -0.3 is 29.9 Å². The van der Waals surface area contributed by atoms with Crippen LogP contribution in [0, 0.1) is 17.0 Å². The van der Waals surface area contributed by atoms with Gasteiger partial charge in [0.25, 0.3) is 0 Å². The van der Waals surface area contributed by atoms with Crippen LogP contribution in [-0.4, -0.2) is 82.8 Å². The lowest BCUT2D eigenvalue weighted by atomic mass is 9.64. The highest BCUT2D eigenvalue weighted by atomic mass is 19.2. The smallest absolute Gasteiger partial charge is 0.193 e. The van der Waals surface area contributed by atoms with E-state index in [-0.39, 0.29) is 24.6 Å². The minimum absolute atomic E-state index is 0.0140. The standard InChI is InChI=1S/C41H51F2NO7/c1-26-6-5-16-40(2)35(15-17-41(40,49)25-44(23-31(47)24-45)22-29-9-12-32(50-3)21-38(29)51-4)33-13-8-27(18-30(46)11-7-26)19-34(33)39(48)28-10-14-36(42)37(43)20-28/h6,8-10,12-14,19-21,30-31,35,45-47,49H,5,7,11,15-18,22-25H2,1-4H3/t30-,31-,35-,40-,41+/m0/s1. The van der Waals surface area contributed by atoms with E-state index in [1.54, 1.807) is 26.4 Å². The van der Waals surface area contributed by atoms with Crippen molar-refractivity contribution in [3.05, 3.63) is 106 Å². The maximum Gasteiger partial charge on any atom is 0.193 e. The first-order valence-electron chi connectivity index (χ1n) is 17.7. The molecule has 2 bridgehead atoms. The Morgan fingerprint density at radius 2 is 1.80 bits per heavy atom. The zero-order valence-electron chi connectivity index (χ0n) is 30.0. The Balaban J connectivity index is 1.59. The number of carbonyl (C=O) groups excluding carboxylic acids is 1. The molecule has 0 unspecified atom stereocenters. The van der Waals surface area contributed by atoms with Crippen molar-refractivity contribution < 1.29 is 43.5 Å². The molecule has 8 nitrogen and oxygen atoms in total. The summed E-state index contributed by atoms with van der Waals surface area (Å²) < 4.78 is 39.3. The zero-order valence-corrected chi connectivity index (χ0v) is 30.0. The summed E-state index contributed by atoms with van der Waals surface area (Å²) in [6.45, 7) is 4.21. The third-order valence-electron chi connectivity index (χ3n) is 11.2. The minimum Gasteiger partial charge on any atom is -0.497 e. The Morgan fingerprint density at radius 1 is 1.02 bits per heavy atom. The number of allylic oxidation sites excluding steroid dienone is 2. The Labute approximate surface area is 299 Å². The molecule has 3 aromatic rings. The Bertz CT molecular complexity index is 1730. The fourth-order valence-electron chi connectivity index (χ4n) is 8.12. The minimum atomic E-state index is -1.30. The van der Waals surface area contributed by atoms with E-state index in [4.69, 9.17) is 9.47 Å². The van der Waals surface area contributed by atoms with E-state index in [9.17, 15) is 34.0 Å². The predicted octanol–water partition coefficient (Wildman–Crippen LogP) is 6.11. The largest absolute Gasteiger partial charge is 0.497 e. The molecule has 1 fully saturated rings. The molecule has 0 amide bonds. The number of fused-ring (bicyclic) bond motifs is 8. The molecule has 3 aliphatic rings. The first-order valence-corrected chi connectivity index (χ1v) is 17.7. The number of carbonyl (C=O) groups is 1. The molecule has 0 aromatic heterocycles.